The summed E-state index contributed by atoms with van der Waals surface area (Å²) in [4.78, 5) is 21.9. The highest BCUT2D eigenvalue weighted by molar-refractivity contribution is 7.25. The van der Waals surface area contributed by atoms with Crippen LogP contribution in [0.1, 0.15) is 25.7 Å². The van der Waals surface area contributed by atoms with Crippen LogP contribution in [0, 0.1) is 0 Å². The fraction of sp³-hybridized carbons (Fsp3) is 0.583. The fourth-order valence-corrected chi connectivity index (χ4v) is 2.53. The van der Waals surface area contributed by atoms with Crippen LogP contribution in [-0.4, -0.2) is 36.4 Å². The predicted octanol–water partition coefficient (Wildman–Crippen LogP) is 1.09. The number of fused-ring (bicyclic) bond motifs is 1. The standard InChI is InChI=1S/C12H17F2N6O3P/c13-12(14,24-23)6(21)4-2-1-3-5-20-8-7(17-11(20)16)9(22)19-10(15)18-8/h6,21H,1-5H2,(H2,16,17)(H3,15,18,19,22). The molecule has 132 valence electrons. The van der Waals surface area contributed by atoms with Crippen molar-refractivity contribution >= 4 is 31.5 Å². The first-order valence-corrected chi connectivity index (χ1v) is 7.99. The maximum Gasteiger partial charge on any atom is 0.350 e. The number of aliphatic hydroxyl groups is 1. The number of nitrogens with zero attached hydrogens (tertiary/aromatic N) is 3. The lowest BCUT2D eigenvalue weighted by Gasteiger charge is -2.15. The van der Waals surface area contributed by atoms with Gasteiger partial charge in [-0.15, -0.1) is 0 Å². The van der Waals surface area contributed by atoms with Crippen LogP contribution in [-0.2, 0) is 11.1 Å². The molecule has 1 unspecified atom stereocenters. The minimum atomic E-state index is -3.63. The average Bonchev–Trinajstić information content (AvgIpc) is 2.83. The van der Waals surface area contributed by atoms with Gasteiger partial charge in [0, 0.05) is 6.54 Å². The van der Waals surface area contributed by atoms with Crippen molar-refractivity contribution in [3.63, 3.8) is 0 Å². The molecular formula is C12H17F2N6O3P. The number of hydrogen-bond donors (Lipinski definition) is 4. The van der Waals surface area contributed by atoms with Gasteiger partial charge in [0.25, 0.3) is 5.56 Å². The van der Waals surface area contributed by atoms with Gasteiger partial charge in [0.15, 0.2) is 11.2 Å². The van der Waals surface area contributed by atoms with Crippen LogP contribution < -0.4 is 17.0 Å². The number of imidazole rings is 1. The summed E-state index contributed by atoms with van der Waals surface area (Å²) in [7, 11) is -1.39. The lowest BCUT2D eigenvalue weighted by molar-refractivity contribution is -0.0430. The van der Waals surface area contributed by atoms with Crippen LogP contribution >= 0.6 is 8.46 Å². The first-order chi connectivity index (χ1) is 11.3. The molecule has 0 aliphatic rings. The van der Waals surface area contributed by atoms with E-state index in [1.807, 2.05) is 0 Å². The summed E-state index contributed by atoms with van der Waals surface area (Å²) in [6.45, 7) is 0.366. The lowest BCUT2D eigenvalue weighted by atomic mass is 10.1. The van der Waals surface area contributed by atoms with Crippen molar-refractivity contribution < 1.29 is 18.5 Å². The van der Waals surface area contributed by atoms with E-state index in [2.05, 4.69) is 15.0 Å². The number of nitrogen functional groups attached to an aromatic ring is 2. The Labute approximate surface area is 136 Å². The van der Waals surface area contributed by atoms with Gasteiger partial charge in [-0.1, -0.05) is 12.8 Å². The van der Waals surface area contributed by atoms with Gasteiger partial charge in [0.1, 0.15) is 6.10 Å². The Hall–Kier alpha value is -2.13. The molecule has 1 atom stereocenters. The Morgan fingerprint density at radius 1 is 1.29 bits per heavy atom. The number of aromatic nitrogens is 4. The van der Waals surface area contributed by atoms with Crippen molar-refractivity contribution in [2.45, 2.75) is 44.0 Å². The summed E-state index contributed by atoms with van der Waals surface area (Å²) >= 11 is 0. The van der Waals surface area contributed by atoms with Gasteiger partial charge in [0.2, 0.25) is 20.4 Å². The molecule has 0 amide bonds. The Bertz CT molecular complexity index is 793. The average molecular weight is 362 g/mol. The topological polar surface area (TPSA) is 153 Å². The van der Waals surface area contributed by atoms with Gasteiger partial charge < -0.3 is 16.6 Å². The first kappa shape index (κ1) is 18.2. The molecule has 0 saturated carbocycles. The number of aryl methyl sites for hydroxylation is 1. The smallest absolute Gasteiger partial charge is 0.350 e. The molecule has 0 aliphatic heterocycles. The third-order valence-corrected chi connectivity index (χ3v) is 4.08. The number of anilines is 2. The van der Waals surface area contributed by atoms with Gasteiger partial charge in [0.05, 0.1) is 0 Å². The van der Waals surface area contributed by atoms with Crippen LogP contribution in [0.3, 0.4) is 0 Å². The zero-order valence-corrected chi connectivity index (χ0v) is 13.5. The number of alkyl halides is 2. The lowest BCUT2D eigenvalue weighted by Crippen LogP contribution is -2.27. The number of nitrogens with one attached hydrogen (secondary N) is 1. The molecule has 2 aromatic rings. The van der Waals surface area contributed by atoms with E-state index in [-0.39, 0.29) is 29.5 Å². The Balaban J connectivity index is 1.94. The summed E-state index contributed by atoms with van der Waals surface area (Å²) in [6, 6.07) is 0. The van der Waals surface area contributed by atoms with E-state index in [9.17, 15) is 23.2 Å². The Kier molecular flexibility index (Phi) is 5.45. The van der Waals surface area contributed by atoms with E-state index in [0.717, 1.165) is 0 Å². The van der Waals surface area contributed by atoms with Crippen LogP contribution in [0.2, 0.25) is 0 Å². The second-order valence-corrected chi connectivity index (χ2v) is 6.07. The highest BCUT2D eigenvalue weighted by atomic mass is 31.1. The summed E-state index contributed by atoms with van der Waals surface area (Å²) in [5.41, 5.74) is 7.45. The van der Waals surface area contributed by atoms with Gasteiger partial charge in [-0.2, -0.15) is 13.8 Å². The van der Waals surface area contributed by atoms with Gasteiger partial charge in [-0.3, -0.25) is 18.9 Å². The van der Waals surface area contributed by atoms with Crippen LogP contribution in [0.25, 0.3) is 11.2 Å². The summed E-state index contributed by atoms with van der Waals surface area (Å²) in [6.07, 6.45) is -0.754. The first-order valence-electron chi connectivity index (χ1n) is 7.18. The van der Waals surface area contributed by atoms with Crippen molar-refractivity contribution in [2.75, 3.05) is 11.5 Å². The highest BCUT2D eigenvalue weighted by Crippen LogP contribution is 2.33. The van der Waals surface area contributed by atoms with Crippen LogP contribution in [0.15, 0.2) is 4.79 Å². The molecule has 0 aliphatic carbocycles. The molecule has 0 aromatic carbocycles. The molecule has 0 fully saturated rings. The quantitative estimate of drug-likeness (QED) is 0.405. The van der Waals surface area contributed by atoms with Crippen molar-refractivity contribution in [1.29, 1.82) is 0 Å². The monoisotopic (exact) mass is 362 g/mol. The molecule has 2 heterocycles. The Morgan fingerprint density at radius 2 is 2.00 bits per heavy atom. The van der Waals surface area contributed by atoms with E-state index in [1.165, 1.54) is 4.57 Å². The van der Waals surface area contributed by atoms with Crippen molar-refractivity contribution in [2.24, 2.45) is 0 Å². The molecule has 0 radical (unpaired) electrons. The van der Waals surface area contributed by atoms with E-state index >= 15 is 0 Å². The minimum absolute atomic E-state index is 0.0595. The van der Waals surface area contributed by atoms with Gasteiger partial charge in [-0.05, 0) is 12.8 Å². The third-order valence-electron chi connectivity index (χ3n) is 3.54. The molecule has 0 spiro atoms. The molecule has 0 saturated heterocycles. The molecule has 9 nitrogen and oxygen atoms in total. The number of rotatable bonds is 8. The minimum Gasteiger partial charge on any atom is -0.386 e. The van der Waals surface area contributed by atoms with Crippen LogP contribution in [0.4, 0.5) is 20.7 Å². The van der Waals surface area contributed by atoms with E-state index in [4.69, 9.17) is 11.5 Å². The normalized spacial score (nSPS) is 13.6. The summed E-state index contributed by atoms with van der Waals surface area (Å²) < 4.78 is 37.6. The second kappa shape index (κ2) is 7.18. The molecular weight excluding hydrogens is 345 g/mol. The van der Waals surface area contributed by atoms with Crippen LogP contribution in [0.5, 0.6) is 0 Å². The molecule has 0 bridgehead atoms. The number of unbranched alkanes of at least 4 members (excludes halogenated alkanes) is 2. The summed E-state index contributed by atoms with van der Waals surface area (Å²) in [5.74, 6) is 0.0427. The number of aliphatic hydroxyl groups excluding tert-OH is 1. The zero-order chi connectivity index (χ0) is 17.9. The largest absolute Gasteiger partial charge is 0.386 e. The van der Waals surface area contributed by atoms with E-state index < -0.39 is 25.8 Å². The Morgan fingerprint density at radius 3 is 2.67 bits per heavy atom. The maximum atomic E-state index is 12.9. The maximum absolute atomic E-state index is 12.9. The number of halogens is 2. The number of hydrogen-bond acceptors (Lipinski definition) is 7. The number of H-pyrrole nitrogens is 1. The van der Waals surface area contributed by atoms with Crippen molar-refractivity contribution in [3.8, 4) is 0 Å². The van der Waals surface area contributed by atoms with Gasteiger partial charge in [-0.25, -0.2) is 4.98 Å². The SMILES string of the molecule is Nc1nc2c(nc(N)n2CCCCCC(O)C(F)(F)P=O)c(=O)[nH]1. The highest BCUT2D eigenvalue weighted by Gasteiger charge is 2.38. The molecule has 6 N–H and O–H groups in total. The van der Waals surface area contributed by atoms with Crippen molar-refractivity contribution in [1.82, 2.24) is 19.5 Å². The number of aromatic amines is 1. The van der Waals surface area contributed by atoms with E-state index in [1.54, 1.807) is 0 Å². The third kappa shape index (κ3) is 3.85. The summed E-state index contributed by atoms with van der Waals surface area (Å²) in [5, 5.41) is 9.25. The molecule has 2 rings (SSSR count). The molecule has 12 heteroatoms. The zero-order valence-electron chi connectivity index (χ0n) is 12.6. The molecule has 24 heavy (non-hydrogen) atoms. The van der Waals surface area contributed by atoms with Gasteiger partial charge >= 0.3 is 5.66 Å². The van der Waals surface area contributed by atoms with Crippen molar-refractivity contribution in [3.05, 3.63) is 10.4 Å². The fourth-order valence-electron chi connectivity index (χ4n) is 2.28. The second-order valence-electron chi connectivity index (χ2n) is 5.29. The predicted molar refractivity (Wildman–Crippen MR) is 84.0 cm³/mol. The molecule has 2 aromatic heterocycles. The van der Waals surface area contributed by atoms with E-state index in [0.29, 0.717) is 25.8 Å². The number of nitrogens with two attached hydrogens (primary N) is 2.